The number of fused-ring (bicyclic) bond motifs is 2. The predicted molar refractivity (Wildman–Crippen MR) is 125 cm³/mol. The Morgan fingerprint density at radius 3 is 2.56 bits per heavy atom. The second-order valence-corrected chi connectivity index (χ2v) is 8.18. The monoisotopic (exact) mass is 424 g/mol. The molecular formula is C25H21FN6. The highest BCUT2D eigenvalue weighted by Crippen LogP contribution is 2.41. The largest absolute Gasteiger partial charge is 0.383 e. The van der Waals surface area contributed by atoms with Gasteiger partial charge in [0, 0.05) is 34.4 Å². The summed E-state index contributed by atoms with van der Waals surface area (Å²) < 4.78 is 18.0. The van der Waals surface area contributed by atoms with Crippen molar-refractivity contribution < 1.29 is 4.39 Å². The zero-order valence-corrected chi connectivity index (χ0v) is 17.3. The molecule has 5 aromatic rings. The van der Waals surface area contributed by atoms with Crippen LogP contribution in [0.5, 0.6) is 0 Å². The van der Waals surface area contributed by atoms with Crippen molar-refractivity contribution in [2.45, 2.75) is 25.3 Å². The number of hydrogen-bond acceptors (Lipinski definition) is 5. The van der Waals surface area contributed by atoms with Crippen LogP contribution in [0.25, 0.3) is 33.1 Å². The molecule has 1 aliphatic rings. The van der Waals surface area contributed by atoms with Gasteiger partial charge in [-0.05, 0) is 43.5 Å². The molecule has 0 bridgehead atoms. The maximum atomic E-state index is 15.9. The van der Waals surface area contributed by atoms with E-state index in [9.17, 15) is 0 Å². The van der Waals surface area contributed by atoms with E-state index >= 15 is 4.39 Å². The zero-order chi connectivity index (χ0) is 21.7. The fourth-order valence-corrected chi connectivity index (χ4v) is 4.36. The standard InChI is InChI=1S/C25H21FN6/c26-22-18(19-13-32(17-7-4-8-17)25-21(19)24(27)28-14-29-25)11-9-15-10-12-20(31-23(15)22)30-16-5-2-1-3-6-16/h1-3,5-6,9-14,17H,4,7-8H2,(H,30,31)(H2,27,28,29). The number of rotatable bonds is 4. The summed E-state index contributed by atoms with van der Waals surface area (Å²) in [5, 5.41) is 4.66. The minimum atomic E-state index is -0.380. The predicted octanol–water partition coefficient (Wildman–Crippen LogP) is 5.84. The average molecular weight is 424 g/mol. The van der Waals surface area contributed by atoms with Crippen LogP contribution in [0.15, 0.2) is 67.1 Å². The number of benzene rings is 2. The quantitative estimate of drug-likeness (QED) is 0.379. The van der Waals surface area contributed by atoms with Gasteiger partial charge in [-0.1, -0.05) is 30.3 Å². The van der Waals surface area contributed by atoms with Crippen LogP contribution in [-0.4, -0.2) is 19.5 Å². The second-order valence-electron chi connectivity index (χ2n) is 8.18. The van der Waals surface area contributed by atoms with Crippen LogP contribution in [0.3, 0.4) is 0 Å². The van der Waals surface area contributed by atoms with Gasteiger partial charge in [0.25, 0.3) is 0 Å². The summed E-state index contributed by atoms with van der Waals surface area (Å²) in [6.07, 6.45) is 6.80. The van der Waals surface area contributed by atoms with Crippen molar-refractivity contribution in [3.8, 4) is 11.1 Å². The molecule has 0 aliphatic heterocycles. The number of nitrogens with two attached hydrogens (primary N) is 1. The average Bonchev–Trinajstić information content (AvgIpc) is 3.14. The first-order chi connectivity index (χ1) is 15.7. The number of para-hydroxylation sites is 1. The molecule has 1 fully saturated rings. The van der Waals surface area contributed by atoms with Gasteiger partial charge in [0.05, 0.1) is 5.39 Å². The minimum Gasteiger partial charge on any atom is -0.383 e. The first-order valence-corrected chi connectivity index (χ1v) is 10.7. The molecule has 3 aromatic heterocycles. The van der Waals surface area contributed by atoms with Crippen LogP contribution < -0.4 is 11.1 Å². The Morgan fingerprint density at radius 1 is 0.969 bits per heavy atom. The van der Waals surface area contributed by atoms with Gasteiger partial charge < -0.3 is 15.6 Å². The molecule has 1 aliphatic carbocycles. The topological polar surface area (TPSA) is 81.7 Å². The summed E-state index contributed by atoms with van der Waals surface area (Å²) in [5.74, 6) is 0.560. The molecular weight excluding hydrogens is 403 g/mol. The van der Waals surface area contributed by atoms with Crippen molar-refractivity contribution in [2.75, 3.05) is 11.1 Å². The van der Waals surface area contributed by atoms with Gasteiger partial charge in [0.15, 0.2) is 5.82 Å². The number of hydrogen-bond donors (Lipinski definition) is 2. The van der Waals surface area contributed by atoms with Crippen molar-refractivity contribution in [2.24, 2.45) is 0 Å². The van der Waals surface area contributed by atoms with Gasteiger partial charge in [-0.2, -0.15) is 0 Å². The third-order valence-corrected chi connectivity index (χ3v) is 6.24. The summed E-state index contributed by atoms with van der Waals surface area (Å²) in [4.78, 5) is 13.2. The molecule has 7 heteroatoms. The van der Waals surface area contributed by atoms with E-state index in [-0.39, 0.29) is 5.82 Å². The first-order valence-electron chi connectivity index (χ1n) is 10.7. The smallest absolute Gasteiger partial charge is 0.157 e. The number of aromatic nitrogens is 4. The number of anilines is 3. The molecule has 32 heavy (non-hydrogen) atoms. The lowest BCUT2D eigenvalue weighted by Gasteiger charge is -2.27. The molecule has 6 rings (SSSR count). The van der Waals surface area contributed by atoms with E-state index in [0.717, 1.165) is 29.6 Å². The Labute approximate surface area is 183 Å². The normalized spacial score (nSPS) is 14.0. The zero-order valence-electron chi connectivity index (χ0n) is 17.3. The molecule has 1 saturated carbocycles. The van der Waals surface area contributed by atoms with E-state index in [1.807, 2.05) is 54.7 Å². The molecule has 0 amide bonds. The highest BCUT2D eigenvalue weighted by Gasteiger charge is 2.26. The number of nitrogens with zero attached hydrogens (tertiary/aromatic N) is 4. The van der Waals surface area contributed by atoms with E-state index in [0.29, 0.717) is 39.7 Å². The lowest BCUT2D eigenvalue weighted by Crippen LogP contribution is -2.16. The number of halogens is 1. The molecule has 158 valence electrons. The van der Waals surface area contributed by atoms with Crippen LogP contribution >= 0.6 is 0 Å². The maximum Gasteiger partial charge on any atom is 0.157 e. The molecule has 3 heterocycles. The van der Waals surface area contributed by atoms with Gasteiger partial charge in [0.2, 0.25) is 0 Å². The van der Waals surface area contributed by atoms with Gasteiger partial charge in [-0.25, -0.2) is 19.3 Å². The van der Waals surface area contributed by atoms with Crippen molar-refractivity contribution >= 4 is 39.3 Å². The van der Waals surface area contributed by atoms with E-state index < -0.39 is 0 Å². The third kappa shape index (κ3) is 2.97. The lowest BCUT2D eigenvalue weighted by molar-refractivity contribution is 0.320. The molecule has 2 aromatic carbocycles. The maximum absolute atomic E-state index is 15.9. The Balaban J connectivity index is 1.51. The van der Waals surface area contributed by atoms with Crippen LogP contribution in [0.2, 0.25) is 0 Å². The van der Waals surface area contributed by atoms with Crippen LogP contribution in [0, 0.1) is 5.82 Å². The molecule has 0 unspecified atom stereocenters. The van der Waals surface area contributed by atoms with Gasteiger partial charge in [-0.3, -0.25) is 0 Å². The van der Waals surface area contributed by atoms with Gasteiger partial charge >= 0.3 is 0 Å². The summed E-state index contributed by atoms with van der Waals surface area (Å²) in [5.41, 5.74) is 9.33. The number of nitrogens with one attached hydrogen (secondary N) is 1. The van der Waals surface area contributed by atoms with E-state index in [1.165, 1.54) is 12.7 Å². The fraction of sp³-hybridized carbons (Fsp3) is 0.160. The highest BCUT2D eigenvalue weighted by atomic mass is 19.1. The Hall–Kier alpha value is -4.00. The van der Waals surface area contributed by atoms with Gasteiger partial charge in [0.1, 0.15) is 29.1 Å². The Bertz CT molecular complexity index is 1460. The van der Waals surface area contributed by atoms with E-state index in [2.05, 4.69) is 24.8 Å². The molecule has 0 saturated heterocycles. The van der Waals surface area contributed by atoms with Crippen molar-refractivity contribution in [1.82, 2.24) is 19.5 Å². The van der Waals surface area contributed by atoms with Crippen LogP contribution in [0.1, 0.15) is 25.3 Å². The number of nitrogen functional groups attached to an aromatic ring is 1. The second kappa shape index (κ2) is 7.30. The fourth-order valence-electron chi connectivity index (χ4n) is 4.36. The molecule has 0 atom stereocenters. The van der Waals surface area contributed by atoms with Crippen molar-refractivity contribution in [3.05, 3.63) is 72.9 Å². The molecule has 0 spiro atoms. The van der Waals surface area contributed by atoms with E-state index in [4.69, 9.17) is 5.73 Å². The van der Waals surface area contributed by atoms with Crippen molar-refractivity contribution in [1.29, 1.82) is 0 Å². The SMILES string of the molecule is Nc1ncnc2c1c(-c1ccc3ccc(Nc4ccccc4)nc3c1F)cn2C1CCC1. The Kier molecular flexibility index (Phi) is 4.28. The van der Waals surface area contributed by atoms with Crippen LogP contribution in [0.4, 0.5) is 21.7 Å². The first kappa shape index (κ1) is 18.7. The third-order valence-electron chi connectivity index (χ3n) is 6.24. The molecule has 0 radical (unpaired) electrons. The molecule has 3 N–H and O–H groups in total. The summed E-state index contributed by atoms with van der Waals surface area (Å²) in [7, 11) is 0. The van der Waals surface area contributed by atoms with Crippen molar-refractivity contribution in [3.63, 3.8) is 0 Å². The summed E-state index contributed by atoms with van der Waals surface area (Å²) >= 11 is 0. The summed E-state index contributed by atoms with van der Waals surface area (Å²) in [6.45, 7) is 0. The Morgan fingerprint density at radius 2 is 1.78 bits per heavy atom. The molecule has 6 nitrogen and oxygen atoms in total. The summed E-state index contributed by atoms with van der Waals surface area (Å²) in [6, 6.07) is 17.5. The van der Waals surface area contributed by atoms with Gasteiger partial charge in [-0.15, -0.1) is 0 Å². The number of pyridine rings is 1. The highest BCUT2D eigenvalue weighted by molar-refractivity contribution is 6.02. The van der Waals surface area contributed by atoms with E-state index in [1.54, 1.807) is 6.07 Å². The van der Waals surface area contributed by atoms with Crippen LogP contribution in [-0.2, 0) is 0 Å². The minimum absolute atomic E-state index is 0.309. The lowest BCUT2D eigenvalue weighted by atomic mass is 9.93.